The van der Waals surface area contributed by atoms with Crippen LogP contribution in [0.5, 0.6) is 0 Å². The van der Waals surface area contributed by atoms with Gasteiger partial charge in [-0.05, 0) is 41.2 Å². The highest BCUT2D eigenvalue weighted by atomic mass is 32.1. The molecule has 1 aromatic heterocycles. The minimum absolute atomic E-state index is 0.0759. The van der Waals surface area contributed by atoms with E-state index >= 15 is 0 Å². The van der Waals surface area contributed by atoms with Gasteiger partial charge in [-0.15, -0.1) is 0 Å². The smallest absolute Gasteiger partial charge is 0.301 e. The van der Waals surface area contributed by atoms with Gasteiger partial charge in [-0.3, -0.25) is 14.5 Å². The van der Waals surface area contributed by atoms with Crippen LogP contribution in [0.3, 0.4) is 0 Å². The summed E-state index contributed by atoms with van der Waals surface area (Å²) >= 11 is 1.38. The summed E-state index contributed by atoms with van der Waals surface area (Å²) in [6, 6.07) is 22.0. The van der Waals surface area contributed by atoms with Crippen LogP contribution < -0.4 is 4.90 Å². The summed E-state index contributed by atoms with van der Waals surface area (Å²) in [6.45, 7) is 6.32. The number of amides is 1. The van der Waals surface area contributed by atoms with Crippen molar-refractivity contribution in [3.8, 4) is 0 Å². The molecular weight excluding hydrogens is 456 g/mol. The Morgan fingerprint density at radius 3 is 2.40 bits per heavy atom. The fourth-order valence-corrected chi connectivity index (χ4v) is 5.50. The van der Waals surface area contributed by atoms with Crippen molar-refractivity contribution >= 4 is 44.1 Å². The largest absolute Gasteiger partial charge is 0.507 e. The fraction of sp³-hybridized carbons (Fsp3) is 0.207. The third-order valence-electron chi connectivity index (χ3n) is 6.47. The first kappa shape index (κ1) is 23.0. The zero-order valence-electron chi connectivity index (χ0n) is 19.9. The average molecular weight is 483 g/mol. The van der Waals surface area contributed by atoms with Gasteiger partial charge >= 0.3 is 5.91 Å². The quantitative estimate of drug-likeness (QED) is 0.197. The van der Waals surface area contributed by atoms with E-state index in [-0.39, 0.29) is 11.3 Å². The van der Waals surface area contributed by atoms with E-state index < -0.39 is 17.7 Å². The van der Waals surface area contributed by atoms with E-state index in [4.69, 9.17) is 4.98 Å². The minimum Gasteiger partial charge on any atom is -0.507 e. The third-order valence-corrected chi connectivity index (χ3v) is 7.48. The summed E-state index contributed by atoms with van der Waals surface area (Å²) in [7, 11) is 0. The Morgan fingerprint density at radius 1 is 1.03 bits per heavy atom. The van der Waals surface area contributed by atoms with Crippen LogP contribution in [-0.2, 0) is 16.0 Å². The molecule has 6 heteroatoms. The maximum atomic E-state index is 13.4. The molecule has 1 amide bonds. The number of thiazole rings is 1. The molecule has 5 nitrogen and oxygen atoms in total. The second kappa shape index (κ2) is 9.12. The highest BCUT2D eigenvalue weighted by Gasteiger charge is 2.48. The number of anilines is 1. The summed E-state index contributed by atoms with van der Waals surface area (Å²) in [6.07, 6.45) is 0.896. The lowest BCUT2D eigenvalue weighted by molar-refractivity contribution is -0.132. The number of aliphatic hydroxyl groups is 1. The number of Topliss-reactive ketones (excluding diaryl/α,β-unsaturated/α-hetero) is 1. The second-order valence-corrected chi connectivity index (χ2v) is 10.0. The molecule has 1 N–H and O–H groups in total. The van der Waals surface area contributed by atoms with Crippen molar-refractivity contribution < 1.29 is 14.7 Å². The van der Waals surface area contributed by atoms with Crippen molar-refractivity contribution in [1.82, 2.24) is 4.98 Å². The van der Waals surface area contributed by atoms with Gasteiger partial charge in [0.25, 0.3) is 5.78 Å². The van der Waals surface area contributed by atoms with Crippen molar-refractivity contribution in [2.24, 2.45) is 0 Å². The predicted molar refractivity (Wildman–Crippen MR) is 141 cm³/mol. The lowest BCUT2D eigenvalue weighted by atomic mass is 9.93. The Balaban J connectivity index is 1.70. The molecule has 0 spiro atoms. The van der Waals surface area contributed by atoms with Crippen LogP contribution in [-0.4, -0.2) is 21.8 Å². The normalized spacial score (nSPS) is 17.6. The van der Waals surface area contributed by atoms with Gasteiger partial charge in [0.2, 0.25) is 0 Å². The zero-order valence-corrected chi connectivity index (χ0v) is 20.7. The summed E-state index contributed by atoms with van der Waals surface area (Å²) in [4.78, 5) is 32.9. The molecule has 1 fully saturated rings. The van der Waals surface area contributed by atoms with Gasteiger partial charge in [-0.2, -0.15) is 0 Å². The minimum atomic E-state index is -0.775. The summed E-state index contributed by atoms with van der Waals surface area (Å²) in [5.41, 5.74) is 4.43. The maximum Gasteiger partial charge on any atom is 0.301 e. The van der Waals surface area contributed by atoms with Crippen molar-refractivity contribution in [1.29, 1.82) is 0 Å². The molecule has 3 aromatic carbocycles. The first-order valence-corrected chi connectivity index (χ1v) is 12.6. The number of aromatic nitrogens is 1. The van der Waals surface area contributed by atoms with Gasteiger partial charge in [0.1, 0.15) is 5.76 Å². The second-order valence-electron chi connectivity index (χ2n) is 9.01. The molecule has 4 aromatic rings. The number of carbonyl (C=O) groups excluding carboxylic acids is 2. The molecule has 1 unspecified atom stereocenters. The molecule has 5 rings (SSSR count). The van der Waals surface area contributed by atoms with Crippen LogP contribution >= 0.6 is 11.3 Å². The molecule has 176 valence electrons. The molecule has 1 saturated heterocycles. The Morgan fingerprint density at radius 2 is 1.74 bits per heavy atom. The number of benzene rings is 3. The highest BCUT2D eigenvalue weighted by Crippen LogP contribution is 2.44. The lowest BCUT2D eigenvalue weighted by Crippen LogP contribution is -2.29. The molecular formula is C29H26N2O3S. The topological polar surface area (TPSA) is 70.5 Å². The molecule has 1 aliphatic heterocycles. The van der Waals surface area contributed by atoms with Crippen LogP contribution in [0.1, 0.15) is 55.0 Å². The average Bonchev–Trinajstić information content (AvgIpc) is 3.41. The van der Waals surface area contributed by atoms with Crippen LogP contribution in [0.15, 0.2) is 78.4 Å². The SMILES string of the molecule is CCc1ccc2nc(N3C(=O)C(=O)/C(=C(/O)c4ccccc4)C3c3ccc(C(C)C)cc3)sc2c1. The van der Waals surface area contributed by atoms with Crippen LogP contribution in [0.4, 0.5) is 5.13 Å². The van der Waals surface area contributed by atoms with Gasteiger partial charge < -0.3 is 5.11 Å². The monoisotopic (exact) mass is 482 g/mol. The standard InChI is InChI=1S/C29H26N2O3S/c1-4-18-10-15-22-23(16-18)35-29(30-22)31-25(20-13-11-19(12-14-20)17(2)3)24(27(33)28(31)34)26(32)21-8-6-5-7-9-21/h5-17,25,32H,4H2,1-3H3/b26-24+. The Bertz CT molecular complexity index is 1450. The summed E-state index contributed by atoms with van der Waals surface area (Å²) in [5.74, 6) is -1.23. The molecule has 0 aliphatic carbocycles. The van der Waals surface area contributed by atoms with E-state index in [1.165, 1.54) is 21.8 Å². The Labute approximate surface area is 208 Å². The number of hydrogen-bond donors (Lipinski definition) is 1. The first-order valence-electron chi connectivity index (χ1n) is 11.7. The van der Waals surface area contributed by atoms with Gasteiger partial charge in [-0.1, -0.05) is 92.8 Å². The van der Waals surface area contributed by atoms with E-state index in [9.17, 15) is 14.7 Å². The Hall–Kier alpha value is -3.77. The number of nitrogens with zero attached hydrogens (tertiary/aromatic N) is 2. The van der Waals surface area contributed by atoms with Crippen molar-refractivity contribution in [2.45, 2.75) is 39.2 Å². The van der Waals surface area contributed by atoms with Crippen LogP contribution in [0.2, 0.25) is 0 Å². The number of carbonyl (C=O) groups is 2. The molecule has 2 heterocycles. The fourth-order valence-electron chi connectivity index (χ4n) is 4.44. The molecule has 35 heavy (non-hydrogen) atoms. The first-order chi connectivity index (χ1) is 16.9. The molecule has 0 bridgehead atoms. The molecule has 0 radical (unpaired) electrons. The Kier molecular flexibility index (Phi) is 5.99. The third kappa shape index (κ3) is 4.04. The molecule has 1 atom stereocenters. The number of aryl methyl sites for hydroxylation is 1. The van der Waals surface area contributed by atoms with E-state index in [2.05, 4.69) is 26.8 Å². The van der Waals surface area contributed by atoms with E-state index in [1.807, 2.05) is 42.5 Å². The number of aliphatic hydroxyl groups excluding tert-OH is 1. The molecule has 1 aliphatic rings. The predicted octanol–water partition coefficient (Wildman–Crippen LogP) is 6.61. The zero-order chi connectivity index (χ0) is 24.7. The number of rotatable bonds is 5. The summed E-state index contributed by atoms with van der Waals surface area (Å²) in [5, 5.41) is 11.7. The number of fused-ring (bicyclic) bond motifs is 1. The maximum absolute atomic E-state index is 13.4. The van der Waals surface area contributed by atoms with Crippen LogP contribution in [0.25, 0.3) is 16.0 Å². The van der Waals surface area contributed by atoms with Crippen molar-refractivity contribution in [3.63, 3.8) is 0 Å². The number of ketones is 1. The number of hydrogen-bond acceptors (Lipinski definition) is 5. The van der Waals surface area contributed by atoms with E-state index in [1.54, 1.807) is 24.3 Å². The highest BCUT2D eigenvalue weighted by molar-refractivity contribution is 7.22. The van der Waals surface area contributed by atoms with Gasteiger partial charge in [0.05, 0.1) is 21.8 Å². The van der Waals surface area contributed by atoms with Gasteiger partial charge in [0, 0.05) is 5.56 Å². The lowest BCUT2D eigenvalue weighted by Gasteiger charge is -2.23. The van der Waals surface area contributed by atoms with Gasteiger partial charge in [0.15, 0.2) is 5.13 Å². The van der Waals surface area contributed by atoms with Crippen molar-refractivity contribution in [2.75, 3.05) is 4.90 Å². The van der Waals surface area contributed by atoms with Crippen molar-refractivity contribution in [3.05, 3.63) is 101 Å². The summed E-state index contributed by atoms with van der Waals surface area (Å²) < 4.78 is 0.957. The van der Waals surface area contributed by atoms with E-state index in [0.29, 0.717) is 16.6 Å². The van der Waals surface area contributed by atoms with Gasteiger partial charge in [-0.25, -0.2) is 4.98 Å². The van der Waals surface area contributed by atoms with Crippen LogP contribution in [0, 0.1) is 0 Å². The van der Waals surface area contributed by atoms with E-state index in [0.717, 1.165) is 27.8 Å². The molecule has 0 saturated carbocycles.